The zero-order valence-electron chi connectivity index (χ0n) is 3.66. The van der Waals surface area contributed by atoms with Gasteiger partial charge in [0.25, 0.3) is 0 Å². The molecular formula is C3H7O3P. The topological polar surface area (TPSA) is 57.5 Å². The van der Waals surface area contributed by atoms with Gasteiger partial charge in [0.05, 0.1) is 6.26 Å². The third-order valence-corrected chi connectivity index (χ3v) is 0.983. The maximum atomic E-state index is 9.78. The lowest BCUT2D eigenvalue weighted by molar-refractivity contribution is 0.471. The Labute approximate surface area is 42.2 Å². The van der Waals surface area contributed by atoms with Crippen LogP contribution < -0.4 is 0 Å². The van der Waals surface area contributed by atoms with E-state index in [-0.39, 0.29) is 6.16 Å². The Hall–Kier alpha value is -0.270. The molecule has 2 N–H and O–H groups in total. The minimum Gasteiger partial charge on any atom is -0.516 e. The fourth-order valence-corrected chi connectivity index (χ4v) is 0.461. The van der Waals surface area contributed by atoms with E-state index in [4.69, 9.17) is 10.00 Å². The van der Waals surface area contributed by atoms with E-state index >= 15 is 0 Å². The summed E-state index contributed by atoms with van der Waals surface area (Å²) in [5, 5.41) is 7.90. The highest BCUT2D eigenvalue weighted by atomic mass is 31.1. The van der Waals surface area contributed by atoms with Gasteiger partial charge in [-0.1, -0.05) is 0 Å². The summed E-state index contributed by atoms with van der Waals surface area (Å²) in [6.07, 6.45) is 2.07. The van der Waals surface area contributed by atoms with Crippen molar-refractivity contribution in [3.8, 4) is 0 Å². The summed E-state index contributed by atoms with van der Waals surface area (Å²) < 4.78 is 9.78. The molecule has 1 atom stereocenters. The molecule has 0 aliphatic carbocycles. The largest absolute Gasteiger partial charge is 0.516 e. The van der Waals surface area contributed by atoms with Crippen molar-refractivity contribution in [3.63, 3.8) is 0 Å². The van der Waals surface area contributed by atoms with Gasteiger partial charge in [-0.3, -0.25) is 4.57 Å². The van der Waals surface area contributed by atoms with Crippen molar-refractivity contribution < 1.29 is 14.6 Å². The molecule has 0 aromatic carbocycles. The molecule has 0 aromatic rings. The second-order valence-electron chi connectivity index (χ2n) is 0.983. The van der Waals surface area contributed by atoms with Gasteiger partial charge in [0.2, 0.25) is 0 Å². The van der Waals surface area contributed by atoms with Gasteiger partial charge in [0, 0.05) is 6.16 Å². The first-order valence-corrected chi connectivity index (χ1v) is 3.34. The monoisotopic (exact) mass is 122 g/mol. The molecule has 0 saturated carbocycles. The highest BCUT2D eigenvalue weighted by molar-refractivity contribution is 7.38. The number of rotatable bonds is 2. The van der Waals surface area contributed by atoms with E-state index in [1.54, 1.807) is 0 Å². The summed E-state index contributed by atoms with van der Waals surface area (Å²) in [6.45, 7) is 0. The third-order valence-electron chi connectivity index (χ3n) is 0.398. The van der Waals surface area contributed by atoms with E-state index < -0.39 is 8.03 Å². The Kier molecular flexibility index (Phi) is 3.75. The van der Waals surface area contributed by atoms with Crippen LogP contribution in [0.15, 0.2) is 12.3 Å². The first-order chi connectivity index (χ1) is 3.27. The maximum Gasteiger partial charge on any atom is 0.192 e. The van der Waals surface area contributed by atoms with Crippen LogP contribution >= 0.6 is 8.03 Å². The van der Waals surface area contributed by atoms with E-state index in [2.05, 4.69) is 0 Å². The van der Waals surface area contributed by atoms with Gasteiger partial charge < -0.3 is 10.00 Å². The Balaban J connectivity index is 3.14. The van der Waals surface area contributed by atoms with E-state index in [9.17, 15) is 4.57 Å². The van der Waals surface area contributed by atoms with Gasteiger partial charge in [-0.05, 0) is 6.08 Å². The third kappa shape index (κ3) is 5.73. The first-order valence-electron chi connectivity index (χ1n) is 1.78. The molecule has 42 valence electrons. The van der Waals surface area contributed by atoms with Gasteiger partial charge >= 0.3 is 0 Å². The molecule has 0 bridgehead atoms. The normalized spacial score (nSPS) is 15.0. The van der Waals surface area contributed by atoms with Crippen LogP contribution in [0.4, 0.5) is 0 Å². The highest BCUT2D eigenvalue weighted by Gasteiger charge is 1.81. The lowest BCUT2D eigenvalue weighted by Gasteiger charge is -1.79. The van der Waals surface area contributed by atoms with Gasteiger partial charge in [0.1, 0.15) is 0 Å². The van der Waals surface area contributed by atoms with Gasteiger partial charge in [-0.2, -0.15) is 0 Å². The second kappa shape index (κ2) is 3.90. The molecule has 0 aliphatic heterocycles. The van der Waals surface area contributed by atoms with Crippen LogP contribution in [0, 0.1) is 0 Å². The van der Waals surface area contributed by atoms with Crippen LogP contribution in [0.5, 0.6) is 0 Å². The predicted molar refractivity (Wildman–Crippen MR) is 27.9 cm³/mol. The van der Waals surface area contributed by atoms with Crippen molar-refractivity contribution in [3.05, 3.63) is 12.3 Å². The Morgan fingerprint density at radius 3 is 2.43 bits per heavy atom. The number of aliphatic hydroxyl groups excluding tert-OH is 1. The summed E-state index contributed by atoms with van der Waals surface area (Å²) >= 11 is 0. The van der Waals surface area contributed by atoms with E-state index in [1.165, 1.54) is 6.08 Å². The molecule has 0 aliphatic rings. The average molecular weight is 122 g/mol. The summed E-state index contributed by atoms with van der Waals surface area (Å²) in [7, 11) is -2.39. The fourth-order valence-electron chi connectivity index (χ4n) is 0.154. The molecular weight excluding hydrogens is 115 g/mol. The first kappa shape index (κ1) is 6.73. The maximum absolute atomic E-state index is 9.78. The van der Waals surface area contributed by atoms with E-state index in [0.29, 0.717) is 0 Å². The summed E-state index contributed by atoms with van der Waals surface area (Å²) in [5.74, 6) is 0. The molecule has 1 unspecified atom stereocenters. The molecule has 0 heterocycles. The van der Waals surface area contributed by atoms with Crippen LogP contribution in [0.1, 0.15) is 0 Å². The summed E-state index contributed by atoms with van der Waals surface area (Å²) in [6, 6.07) is 0. The summed E-state index contributed by atoms with van der Waals surface area (Å²) in [4.78, 5) is 8.07. The van der Waals surface area contributed by atoms with Crippen molar-refractivity contribution in [2.75, 3.05) is 6.16 Å². The van der Waals surface area contributed by atoms with E-state index in [1.807, 2.05) is 0 Å². The highest BCUT2D eigenvalue weighted by Crippen LogP contribution is 2.10. The molecule has 0 amide bonds. The van der Waals surface area contributed by atoms with Crippen LogP contribution in [0.25, 0.3) is 0 Å². The number of hydrogen-bond donors (Lipinski definition) is 2. The number of hydrogen-bond acceptors (Lipinski definition) is 2. The molecule has 7 heavy (non-hydrogen) atoms. The van der Waals surface area contributed by atoms with Crippen LogP contribution in [-0.2, 0) is 4.57 Å². The van der Waals surface area contributed by atoms with Crippen LogP contribution in [0.3, 0.4) is 0 Å². The van der Waals surface area contributed by atoms with Crippen molar-refractivity contribution in [1.29, 1.82) is 0 Å². The lowest BCUT2D eigenvalue weighted by Crippen LogP contribution is -1.65. The minimum atomic E-state index is -2.39. The van der Waals surface area contributed by atoms with Gasteiger partial charge in [0.15, 0.2) is 8.03 Å². The van der Waals surface area contributed by atoms with Crippen LogP contribution in [-0.4, -0.2) is 16.2 Å². The minimum absolute atomic E-state index is 0.0706. The molecule has 3 nitrogen and oxygen atoms in total. The standard InChI is InChI=1S/C3H7O3P/c4-2-1-3-7(5)6/h1-2,4,7H,3H2,(H,5,6). The van der Waals surface area contributed by atoms with Crippen molar-refractivity contribution in [1.82, 2.24) is 0 Å². The molecule has 0 saturated heterocycles. The molecule has 0 fully saturated rings. The molecule has 0 radical (unpaired) electrons. The second-order valence-corrected chi connectivity index (χ2v) is 2.18. The smallest absolute Gasteiger partial charge is 0.192 e. The Morgan fingerprint density at radius 2 is 2.29 bits per heavy atom. The SMILES string of the molecule is O=[PH](O)CC=CO. The zero-order valence-corrected chi connectivity index (χ0v) is 4.66. The molecule has 0 aromatic heterocycles. The predicted octanol–water partition coefficient (Wildman–Crippen LogP) is 0.525. The number of aliphatic hydroxyl groups is 1. The molecule has 0 spiro atoms. The van der Waals surface area contributed by atoms with Crippen molar-refractivity contribution in [2.45, 2.75) is 0 Å². The lowest BCUT2D eigenvalue weighted by atomic mass is 10.7. The zero-order chi connectivity index (χ0) is 5.70. The Bertz CT molecular complexity index is 88.2. The van der Waals surface area contributed by atoms with Crippen molar-refractivity contribution in [2.24, 2.45) is 0 Å². The van der Waals surface area contributed by atoms with Crippen LogP contribution in [0.2, 0.25) is 0 Å². The molecule has 0 rings (SSSR count). The fraction of sp³-hybridized carbons (Fsp3) is 0.333. The number of allylic oxidation sites excluding steroid dienone is 1. The Morgan fingerprint density at radius 1 is 1.71 bits per heavy atom. The molecule has 4 heteroatoms. The van der Waals surface area contributed by atoms with E-state index in [0.717, 1.165) is 6.26 Å². The van der Waals surface area contributed by atoms with Gasteiger partial charge in [-0.25, -0.2) is 0 Å². The quantitative estimate of drug-likeness (QED) is 0.414. The van der Waals surface area contributed by atoms with Crippen molar-refractivity contribution >= 4 is 8.03 Å². The summed E-state index contributed by atoms with van der Waals surface area (Å²) in [5.41, 5.74) is 0. The average Bonchev–Trinajstić information content (AvgIpc) is 1.61. The van der Waals surface area contributed by atoms with Gasteiger partial charge in [-0.15, -0.1) is 0 Å².